The lowest BCUT2D eigenvalue weighted by Crippen LogP contribution is -2.46. The van der Waals surface area contributed by atoms with Crippen LogP contribution in [0.4, 0.5) is 4.79 Å². The zero-order chi connectivity index (χ0) is 17.8. The van der Waals surface area contributed by atoms with Crippen LogP contribution in [0.5, 0.6) is 0 Å². The van der Waals surface area contributed by atoms with Gasteiger partial charge in [-0.3, -0.25) is 14.5 Å². The third-order valence-electron chi connectivity index (χ3n) is 6.29. The van der Waals surface area contributed by atoms with E-state index in [-0.39, 0.29) is 24.8 Å². The van der Waals surface area contributed by atoms with Gasteiger partial charge in [-0.15, -0.1) is 0 Å². The van der Waals surface area contributed by atoms with Crippen molar-refractivity contribution in [2.45, 2.75) is 57.9 Å². The molecule has 4 saturated carbocycles. The van der Waals surface area contributed by atoms with Gasteiger partial charge in [0.15, 0.2) is 0 Å². The molecular weight excluding hydrogens is 320 g/mol. The molecular formula is C18H26N4O3. The van der Waals surface area contributed by atoms with E-state index < -0.39 is 11.6 Å². The van der Waals surface area contributed by atoms with Crippen molar-refractivity contribution in [3.8, 4) is 0 Å². The number of hydrogen-bond donors (Lipinski definition) is 2. The van der Waals surface area contributed by atoms with Crippen molar-refractivity contribution < 1.29 is 14.4 Å². The predicted molar refractivity (Wildman–Crippen MR) is 91.6 cm³/mol. The van der Waals surface area contributed by atoms with Crippen LogP contribution in [-0.2, 0) is 9.59 Å². The number of nitrogens with one attached hydrogen (secondary N) is 2. The Morgan fingerprint density at radius 2 is 1.76 bits per heavy atom. The second-order valence-electron chi connectivity index (χ2n) is 8.64. The van der Waals surface area contributed by atoms with E-state index in [2.05, 4.69) is 15.8 Å². The molecule has 136 valence electrons. The minimum absolute atomic E-state index is 0.0760. The van der Waals surface area contributed by atoms with Gasteiger partial charge in [-0.1, -0.05) is 0 Å². The van der Waals surface area contributed by atoms with Gasteiger partial charge in [0.2, 0.25) is 5.91 Å². The molecule has 1 heterocycles. The Kier molecular flexibility index (Phi) is 3.85. The summed E-state index contributed by atoms with van der Waals surface area (Å²) in [6.07, 6.45) is 6.35. The highest BCUT2D eigenvalue weighted by atomic mass is 16.2. The number of carbonyl (C=O) groups excluding carboxylic acids is 3. The minimum Gasteiger partial charge on any atom is -0.324 e. The molecule has 25 heavy (non-hydrogen) atoms. The van der Waals surface area contributed by atoms with Crippen LogP contribution in [-0.4, -0.2) is 40.5 Å². The first-order valence-corrected chi connectivity index (χ1v) is 9.34. The van der Waals surface area contributed by atoms with E-state index in [1.807, 2.05) is 0 Å². The van der Waals surface area contributed by atoms with Gasteiger partial charge in [0.1, 0.15) is 5.54 Å². The van der Waals surface area contributed by atoms with E-state index in [4.69, 9.17) is 0 Å². The number of rotatable bonds is 4. The second kappa shape index (κ2) is 5.81. The number of carbonyl (C=O) groups is 3. The van der Waals surface area contributed by atoms with E-state index in [0.29, 0.717) is 11.8 Å². The fourth-order valence-electron chi connectivity index (χ4n) is 5.27. The zero-order valence-electron chi connectivity index (χ0n) is 14.9. The maximum absolute atomic E-state index is 12.1. The Balaban J connectivity index is 1.31. The summed E-state index contributed by atoms with van der Waals surface area (Å²) in [5.74, 6) is 2.27. The number of imide groups is 1. The number of amides is 4. The van der Waals surface area contributed by atoms with Crippen LogP contribution < -0.4 is 10.7 Å². The molecule has 0 unspecified atom stereocenters. The fourth-order valence-corrected chi connectivity index (χ4v) is 5.27. The summed E-state index contributed by atoms with van der Waals surface area (Å²) in [5, 5.41) is 7.06. The van der Waals surface area contributed by atoms with Gasteiger partial charge >= 0.3 is 6.03 Å². The van der Waals surface area contributed by atoms with E-state index in [0.717, 1.165) is 16.7 Å². The van der Waals surface area contributed by atoms with Crippen molar-refractivity contribution >= 4 is 23.6 Å². The van der Waals surface area contributed by atoms with Crippen molar-refractivity contribution in [2.24, 2.45) is 28.8 Å². The lowest BCUT2D eigenvalue weighted by Gasteiger charge is -2.50. The van der Waals surface area contributed by atoms with Gasteiger partial charge in [0.25, 0.3) is 5.91 Å². The maximum atomic E-state index is 12.1. The first kappa shape index (κ1) is 16.5. The number of hydrogen-bond acceptors (Lipinski definition) is 4. The number of hydrazone groups is 1. The zero-order valence-corrected chi connectivity index (χ0v) is 14.9. The van der Waals surface area contributed by atoms with Gasteiger partial charge in [-0.05, 0) is 69.6 Å². The molecule has 5 fully saturated rings. The number of urea groups is 1. The Hall–Kier alpha value is -1.92. The van der Waals surface area contributed by atoms with Crippen molar-refractivity contribution in [3.63, 3.8) is 0 Å². The summed E-state index contributed by atoms with van der Waals surface area (Å²) in [6.45, 7) is 3.40. The highest BCUT2D eigenvalue weighted by Crippen LogP contribution is 2.52. The monoisotopic (exact) mass is 346 g/mol. The van der Waals surface area contributed by atoms with Gasteiger partial charge in [0, 0.05) is 18.7 Å². The fraction of sp³-hybridized carbons (Fsp3) is 0.778. The first-order chi connectivity index (χ1) is 11.8. The molecule has 0 atom stereocenters. The van der Waals surface area contributed by atoms with Gasteiger partial charge in [0.05, 0.1) is 0 Å². The molecule has 7 heteroatoms. The molecule has 5 rings (SSSR count). The van der Waals surface area contributed by atoms with Crippen LogP contribution >= 0.6 is 0 Å². The van der Waals surface area contributed by atoms with Crippen molar-refractivity contribution in [1.82, 2.24) is 15.6 Å². The van der Waals surface area contributed by atoms with E-state index in [1.165, 1.54) is 37.8 Å². The van der Waals surface area contributed by atoms with Crippen LogP contribution in [0.1, 0.15) is 52.4 Å². The first-order valence-electron chi connectivity index (χ1n) is 9.34. The molecule has 0 aromatic rings. The van der Waals surface area contributed by atoms with E-state index >= 15 is 0 Å². The van der Waals surface area contributed by atoms with E-state index in [9.17, 15) is 14.4 Å². The smallest absolute Gasteiger partial charge is 0.324 e. The SMILES string of the molecule is CC1(C)NC(=O)N(CCC(=O)NN=C2C3CC4CC(C3)CC2C4)C1=O. The molecule has 2 N–H and O–H groups in total. The van der Waals surface area contributed by atoms with Crippen LogP contribution in [0.3, 0.4) is 0 Å². The largest absolute Gasteiger partial charge is 0.325 e. The summed E-state index contributed by atoms with van der Waals surface area (Å²) >= 11 is 0. The predicted octanol–water partition coefficient (Wildman–Crippen LogP) is 1.64. The van der Waals surface area contributed by atoms with Gasteiger partial charge in [-0.25, -0.2) is 10.2 Å². The normalized spacial score (nSPS) is 35.1. The molecule has 7 nitrogen and oxygen atoms in total. The summed E-state index contributed by atoms with van der Waals surface area (Å²) in [7, 11) is 0. The molecule has 1 saturated heterocycles. The Morgan fingerprint density at radius 3 is 2.28 bits per heavy atom. The average molecular weight is 346 g/mol. The summed E-state index contributed by atoms with van der Waals surface area (Å²) in [6, 6.07) is -0.435. The molecule has 1 aliphatic heterocycles. The molecule has 4 aliphatic carbocycles. The lowest BCUT2D eigenvalue weighted by molar-refractivity contribution is -0.130. The standard InChI is InChI=1S/C18H26N4O3/c1-18(2)16(24)22(17(25)19-18)4-3-14(23)20-21-15-12-6-10-5-11(8-12)9-13(15)7-10/h10-13H,3-9H2,1-2H3,(H,19,25)(H,20,23). The molecule has 0 aromatic heterocycles. The van der Waals surface area contributed by atoms with Crippen LogP contribution in [0.25, 0.3) is 0 Å². The van der Waals surface area contributed by atoms with Crippen molar-refractivity contribution in [1.29, 1.82) is 0 Å². The third-order valence-corrected chi connectivity index (χ3v) is 6.29. The van der Waals surface area contributed by atoms with E-state index in [1.54, 1.807) is 13.8 Å². The second-order valence-corrected chi connectivity index (χ2v) is 8.64. The minimum atomic E-state index is -0.895. The molecule has 0 aromatic carbocycles. The summed E-state index contributed by atoms with van der Waals surface area (Å²) in [5.41, 5.74) is 2.95. The molecule has 5 aliphatic rings. The quantitative estimate of drug-likeness (QED) is 0.599. The molecule has 4 bridgehead atoms. The van der Waals surface area contributed by atoms with Gasteiger partial charge in [-0.2, -0.15) is 5.10 Å². The Morgan fingerprint density at radius 1 is 1.16 bits per heavy atom. The Bertz CT molecular complexity index is 625. The van der Waals surface area contributed by atoms with Crippen LogP contribution in [0.15, 0.2) is 5.10 Å². The van der Waals surface area contributed by atoms with Crippen LogP contribution in [0, 0.1) is 23.7 Å². The highest BCUT2D eigenvalue weighted by Gasteiger charge is 2.46. The number of nitrogens with zero attached hydrogens (tertiary/aromatic N) is 2. The van der Waals surface area contributed by atoms with Gasteiger partial charge < -0.3 is 5.32 Å². The molecule has 0 spiro atoms. The van der Waals surface area contributed by atoms with Crippen LogP contribution in [0.2, 0.25) is 0 Å². The highest BCUT2D eigenvalue weighted by molar-refractivity contribution is 6.06. The molecule has 0 radical (unpaired) electrons. The average Bonchev–Trinajstić information content (AvgIpc) is 2.72. The maximum Gasteiger partial charge on any atom is 0.325 e. The topological polar surface area (TPSA) is 90.9 Å². The summed E-state index contributed by atoms with van der Waals surface area (Å²) in [4.78, 5) is 37.2. The van der Waals surface area contributed by atoms with Crippen molar-refractivity contribution in [3.05, 3.63) is 0 Å². The third kappa shape index (κ3) is 2.93. The summed E-state index contributed by atoms with van der Waals surface area (Å²) < 4.78 is 0. The Labute approximate surface area is 147 Å². The van der Waals surface area contributed by atoms with Crippen molar-refractivity contribution in [2.75, 3.05) is 6.54 Å². The lowest BCUT2D eigenvalue weighted by atomic mass is 9.55. The molecule has 4 amide bonds.